The van der Waals surface area contributed by atoms with Crippen LogP contribution in [0.4, 0.5) is 0 Å². The summed E-state index contributed by atoms with van der Waals surface area (Å²) >= 11 is 0. The van der Waals surface area contributed by atoms with E-state index in [0.717, 1.165) is 25.9 Å². The number of benzene rings is 1. The lowest BCUT2D eigenvalue weighted by atomic mass is 10.0. The second-order valence-corrected chi connectivity index (χ2v) is 7.67. The van der Waals surface area contributed by atoms with Gasteiger partial charge < -0.3 is 16.0 Å². The van der Waals surface area contributed by atoms with E-state index in [9.17, 15) is 9.59 Å². The maximum atomic E-state index is 12.3. The Labute approximate surface area is 155 Å². The zero-order valence-electron chi connectivity index (χ0n) is 15.7. The minimum Gasteiger partial charge on any atom is -0.354 e. The second kappa shape index (κ2) is 8.64. The SMILES string of the molecule is CC(C)NC(=O)CC[C@@H]1CNC(=O)[C@@H]2C[C@H](NCc3ccccc3)CN12. The highest BCUT2D eigenvalue weighted by Gasteiger charge is 2.43. The van der Waals surface area contributed by atoms with Gasteiger partial charge in [0, 0.05) is 44.2 Å². The Hall–Kier alpha value is -1.92. The number of carbonyl (C=O) groups excluding carboxylic acids is 2. The van der Waals surface area contributed by atoms with Crippen LogP contribution in [0.2, 0.25) is 0 Å². The molecule has 2 saturated heterocycles. The molecule has 1 aromatic carbocycles. The summed E-state index contributed by atoms with van der Waals surface area (Å²) in [4.78, 5) is 26.5. The summed E-state index contributed by atoms with van der Waals surface area (Å²) in [6.45, 7) is 6.25. The molecule has 0 radical (unpaired) electrons. The number of fused-ring (bicyclic) bond motifs is 1. The second-order valence-electron chi connectivity index (χ2n) is 7.67. The fourth-order valence-electron chi connectivity index (χ4n) is 3.94. The summed E-state index contributed by atoms with van der Waals surface area (Å²) in [5.74, 6) is 0.211. The Kier molecular flexibility index (Phi) is 6.27. The molecule has 142 valence electrons. The van der Waals surface area contributed by atoms with Gasteiger partial charge in [-0.2, -0.15) is 0 Å². The molecule has 1 aromatic rings. The van der Waals surface area contributed by atoms with Crippen LogP contribution in [-0.2, 0) is 16.1 Å². The highest BCUT2D eigenvalue weighted by atomic mass is 16.2. The van der Waals surface area contributed by atoms with Crippen LogP contribution in [-0.4, -0.2) is 54.0 Å². The lowest BCUT2D eigenvalue weighted by Crippen LogP contribution is -2.58. The summed E-state index contributed by atoms with van der Waals surface area (Å²) in [6, 6.07) is 11.0. The van der Waals surface area contributed by atoms with Crippen molar-refractivity contribution >= 4 is 11.8 Å². The average molecular weight is 358 g/mol. The predicted molar refractivity (Wildman–Crippen MR) is 101 cm³/mol. The molecular weight excluding hydrogens is 328 g/mol. The molecule has 3 atom stereocenters. The highest BCUT2D eigenvalue weighted by Crippen LogP contribution is 2.26. The molecule has 0 aliphatic carbocycles. The summed E-state index contributed by atoms with van der Waals surface area (Å²) in [5, 5.41) is 9.55. The molecule has 0 bridgehead atoms. The van der Waals surface area contributed by atoms with Crippen molar-refractivity contribution in [3.8, 4) is 0 Å². The number of rotatable bonds is 7. The molecule has 6 nitrogen and oxygen atoms in total. The summed E-state index contributed by atoms with van der Waals surface area (Å²) in [5.41, 5.74) is 1.25. The van der Waals surface area contributed by atoms with Crippen molar-refractivity contribution in [1.82, 2.24) is 20.9 Å². The third-order valence-corrected chi connectivity index (χ3v) is 5.21. The van der Waals surface area contributed by atoms with Crippen LogP contribution in [0.3, 0.4) is 0 Å². The maximum absolute atomic E-state index is 12.3. The molecular formula is C20H30N4O2. The molecule has 6 heteroatoms. The van der Waals surface area contributed by atoms with E-state index in [4.69, 9.17) is 0 Å². The minimum absolute atomic E-state index is 0.0739. The van der Waals surface area contributed by atoms with Crippen LogP contribution < -0.4 is 16.0 Å². The van der Waals surface area contributed by atoms with Gasteiger partial charge in [-0.1, -0.05) is 30.3 Å². The molecule has 0 unspecified atom stereocenters. The van der Waals surface area contributed by atoms with Crippen molar-refractivity contribution in [2.45, 2.75) is 63.8 Å². The van der Waals surface area contributed by atoms with Gasteiger partial charge in [0.15, 0.2) is 0 Å². The number of carbonyl (C=O) groups is 2. The molecule has 3 rings (SSSR count). The standard InChI is InChI=1S/C20H30N4O2/c1-14(2)23-19(25)9-8-17-12-22-20(26)18-10-16(13-24(17)18)21-11-15-6-4-3-5-7-15/h3-7,14,16-18,21H,8-13H2,1-2H3,(H,22,26)(H,23,25)/t16-,17+,18-/m0/s1. The summed E-state index contributed by atoms with van der Waals surface area (Å²) < 4.78 is 0. The Morgan fingerprint density at radius 1 is 1.31 bits per heavy atom. The third-order valence-electron chi connectivity index (χ3n) is 5.21. The van der Waals surface area contributed by atoms with Crippen LogP contribution in [0.1, 0.15) is 38.7 Å². The van der Waals surface area contributed by atoms with Gasteiger partial charge in [-0.05, 0) is 32.3 Å². The lowest BCUT2D eigenvalue weighted by Gasteiger charge is -2.37. The van der Waals surface area contributed by atoms with Gasteiger partial charge in [0.2, 0.25) is 11.8 Å². The fourth-order valence-corrected chi connectivity index (χ4v) is 3.94. The summed E-state index contributed by atoms with van der Waals surface area (Å²) in [7, 11) is 0. The minimum atomic E-state index is -0.0739. The van der Waals surface area contributed by atoms with Crippen molar-refractivity contribution in [3.63, 3.8) is 0 Å². The van der Waals surface area contributed by atoms with Crippen molar-refractivity contribution in [2.75, 3.05) is 13.1 Å². The number of nitrogens with zero attached hydrogens (tertiary/aromatic N) is 1. The molecule has 2 heterocycles. The van der Waals surface area contributed by atoms with Gasteiger partial charge in [-0.15, -0.1) is 0 Å². The van der Waals surface area contributed by atoms with Crippen molar-refractivity contribution in [3.05, 3.63) is 35.9 Å². The van der Waals surface area contributed by atoms with E-state index < -0.39 is 0 Å². The van der Waals surface area contributed by atoms with Crippen LogP contribution in [0, 0.1) is 0 Å². The normalized spacial score (nSPS) is 25.8. The molecule has 0 aromatic heterocycles. The Morgan fingerprint density at radius 3 is 2.81 bits per heavy atom. The van der Waals surface area contributed by atoms with Crippen molar-refractivity contribution in [2.24, 2.45) is 0 Å². The van der Waals surface area contributed by atoms with Crippen molar-refractivity contribution < 1.29 is 9.59 Å². The Bertz CT molecular complexity index is 619. The zero-order valence-corrected chi connectivity index (χ0v) is 15.7. The van der Waals surface area contributed by atoms with Crippen LogP contribution >= 0.6 is 0 Å². The molecule has 0 saturated carbocycles. The van der Waals surface area contributed by atoms with Crippen LogP contribution in [0.25, 0.3) is 0 Å². The Morgan fingerprint density at radius 2 is 2.08 bits per heavy atom. The monoisotopic (exact) mass is 358 g/mol. The molecule has 2 fully saturated rings. The van der Waals surface area contributed by atoms with E-state index in [1.54, 1.807) is 0 Å². The van der Waals surface area contributed by atoms with E-state index in [0.29, 0.717) is 19.0 Å². The fraction of sp³-hybridized carbons (Fsp3) is 0.600. The van der Waals surface area contributed by atoms with Crippen LogP contribution in [0.5, 0.6) is 0 Å². The first-order valence-electron chi connectivity index (χ1n) is 9.63. The van der Waals surface area contributed by atoms with E-state index in [-0.39, 0.29) is 29.9 Å². The topological polar surface area (TPSA) is 73.5 Å². The number of nitrogens with one attached hydrogen (secondary N) is 3. The molecule has 26 heavy (non-hydrogen) atoms. The maximum Gasteiger partial charge on any atom is 0.237 e. The van der Waals surface area contributed by atoms with E-state index in [2.05, 4.69) is 33.0 Å². The van der Waals surface area contributed by atoms with Crippen LogP contribution in [0.15, 0.2) is 30.3 Å². The Balaban J connectivity index is 1.53. The first-order valence-corrected chi connectivity index (χ1v) is 9.63. The van der Waals surface area contributed by atoms with Gasteiger partial charge in [0.05, 0.1) is 6.04 Å². The molecule has 2 aliphatic rings. The largest absolute Gasteiger partial charge is 0.354 e. The number of hydrogen-bond acceptors (Lipinski definition) is 4. The van der Waals surface area contributed by atoms with E-state index in [1.807, 2.05) is 32.0 Å². The first kappa shape index (κ1) is 18.9. The van der Waals surface area contributed by atoms with Gasteiger partial charge in [-0.3, -0.25) is 14.5 Å². The third kappa shape index (κ3) is 4.83. The highest BCUT2D eigenvalue weighted by molar-refractivity contribution is 5.83. The quantitative estimate of drug-likeness (QED) is 0.680. The smallest absolute Gasteiger partial charge is 0.237 e. The summed E-state index contributed by atoms with van der Waals surface area (Å²) in [6.07, 6.45) is 2.11. The van der Waals surface area contributed by atoms with Gasteiger partial charge in [0.25, 0.3) is 0 Å². The number of piperazine rings is 1. The molecule has 3 N–H and O–H groups in total. The van der Waals surface area contributed by atoms with Gasteiger partial charge in [-0.25, -0.2) is 0 Å². The molecule has 0 spiro atoms. The van der Waals surface area contributed by atoms with Gasteiger partial charge >= 0.3 is 0 Å². The van der Waals surface area contributed by atoms with E-state index >= 15 is 0 Å². The average Bonchev–Trinajstić information content (AvgIpc) is 3.05. The van der Waals surface area contributed by atoms with Gasteiger partial charge in [0.1, 0.15) is 0 Å². The number of hydrogen-bond donors (Lipinski definition) is 3. The van der Waals surface area contributed by atoms with E-state index in [1.165, 1.54) is 5.56 Å². The lowest BCUT2D eigenvalue weighted by molar-refractivity contribution is -0.129. The predicted octanol–water partition coefficient (Wildman–Crippen LogP) is 1.02. The number of amides is 2. The molecule has 2 aliphatic heterocycles. The molecule has 2 amide bonds. The first-order chi connectivity index (χ1) is 12.5. The van der Waals surface area contributed by atoms with Crippen molar-refractivity contribution in [1.29, 1.82) is 0 Å². The zero-order chi connectivity index (χ0) is 18.5.